The van der Waals surface area contributed by atoms with Crippen molar-refractivity contribution < 1.29 is 13.2 Å². The molecule has 0 atom stereocenters. The molecule has 138 valence electrons. The Morgan fingerprint density at radius 2 is 1.08 bits per heavy atom. The monoisotopic (exact) mass is 556 g/mol. The number of rotatable bonds is 3. The summed E-state index contributed by atoms with van der Waals surface area (Å²) in [7, 11) is 0. The van der Waals surface area contributed by atoms with Crippen LogP contribution in [0, 0.1) is 0 Å². The van der Waals surface area contributed by atoms with E-state index in [9.17, 15) is 13.2 Å². The van der Waals surface area contributed by atoms with Crippen molar-refractivity contribution in [1.82, 2.24) is 0 Å². The van der Waals surface area contributed by atoms with Crippen molar-refractivity contribution in [1.29, 1.82) is 0 Å². The Kier molecular flexibility index (Phi) is 11.7. The molecule has 0 aromatic heterocycles. The van der Waals surface area contributed by atoms with Crippen LogP contribution in [-0.2, 0) is 0 Å². The van der Waals surface area contributed by atoms with Gasteiger partial charge in [0.25, 0.3) is 0 Å². The van der Waals surface area contributed by atoms with Gasteiger partial charge in [-0.05, 0) is 0 Å². The van der Waals surface area contributed by atoms with Crippen LogP contribution in [0.25, 0.3) is 0 Å². The van der Waals surface area contributed by atoms with Crippen LogP contribution in [0.1, 0.15) is 64.2 Å². The molecular formula is C19H30BiF3S. The Hall–Kier alpha value is 0.243. The van der Waals surface area contributed by atoms with Crippen molar-refractivity contribution in [3.63, 3.8) is 0 Å². The quantitative estimate of drug-likeness (QED) is 0.381. The molecule has 0 spiro atoms. The molecule has 2 fully saturated rings. The molecule has 1 aromatic rings. The Bertz CT molecular complexity index is 397. The van der Waals surface area contributed by atoms with Crippen molar-refractivity contribution in [3.8, 4) is 0 Å². The van der Waals surface area contributed by atoms with Crippen molar-refractivity contribution >= 4 is 38.5 Å². The van der Waals surface area contributed by atoms with E-state index in [1.807, 2.05) is 3.27 Å². The minimum atomic E-state index is -3.67. The van der Waals surface area contributed by atoms with Gasteiger partial charge in [-0.3, -0.25) is 0 Å². The van der Waals surface area contributed by atoms with Crippen molar-refractivity contribution in [2.24, 2.45) is 0 Å². The first-order valence-electron chi connectivity index (χ1n) is 8.94. The van der Waals surface area contributed by atoms with Gasteiger partial charge in [0.2, 0.25) is 0 Å². The van der Waals surface area contributed by atoms with Crippen LogP contribution in [-0.4, -0.2) is 28.4 Å². The maximum atomic E-state index is 9.67. The summed E-state index contributed by atoms with van der Waals surface area (Å²) in [6.07, 6.45) is 15.4. The molecule has 0 saturated heterocycles. The van der Waals surface area contributed by atoms with Crippen LogP contribution in [0.15, 0.2) is 30.3 Å². The van der Waals surface area contributed by atoms with Gasteiger partial charge < -0.3 is 0 Å². The predicted octanol–water partition coefficient (Wildman–Crippen LogP) is 6.35. The van der Waals surface area contributed by atoms with E-state index in [1.54, 1.807) is 25.7 Å². The minimum absolute atomic E-state index is 0. The molecule has 0 amide bonds. The Morgan fingerprint density at radius 1 is 0.708 bits per heavy atom. The van der Waals surface area contributed by atoms with Gasteiger partial charge in [0.15, 0.2) is 0 Å². The first-order valence-corrected chi connectivity index (χ1v) is 14.7. The second-order valence-electron chi connectivity index (χ2n) is 6.57. The van der Waals surface area contributed by atoms with Crippen LogP contribution in [0.3, 0.4) is 0 Å². The van der Waals surface area contributed by atoms with E-state index in [0.717, 1.165) is 0 Å². The van der Waals surface area contributed by atoms with E-state index in [4.69, 9.17) is 0 Å². The van der Waals surface area contributed by atoms with E-state index >= 15 is 0 Å². The Balaban J connectivity index is 0.000000522. The van der Waals surface area contributed by atoms with Gasteiger partial charge >= 0.3 is 133 Å². The molecule has 3 rings (SSSR count). The molecule has 5 heteroatoms. The predicted molar refractivity (Wildman–Crippen MR) is 103 cm³/mol. The van der Waals surface area contributed by atoms with Crippen molar-refractivity contribution in [2.75, 3.05) is 0 Å². The Labute approximate surface area is 159 Å². The molecule has 24 heavy (non-hydrogen) atoms. The first kappa shape index (κ1) is 22.3. The fourth-order valence-electron chi connectivity index (χ4n) is 4.04. The van der Waals surface area contributed by atoms with Crippen LogP contribution in [0.4, 0.5) is 13.2 Å². The summed E-state index contributed by atoms with van der Waals surface area (Å²) in [5.74, 6) is 0. The van der Waals surface area contributed by atoms with Crippen LogP contribution in [0.5, 0.6) is 0 Å². The zero-order valence-electron chi connectivity index (χ0n) is 14.3. The maximum absolute atomic E-state index is 9.67. The average Bonchev–Trinajstić information content (AvgIpc) is 2.58. The van der Waals surface area contributed by atoms with Gasteiger partial charge in [0, 0.05) is 0 Å². The first-order chi connectivity index (χ1) is 11.2. The third-order valence-electron chi connectivity index (χ3n) is 4.99. The second kappa shape index (κ2) is 12.6. The van der Waals surface area contributed by atoms with Crippen LogP contribution < -0.4 is 3.27 Å². The molecule has 2 saturated carbocycles. The van der Waals surface area contributed by atoms with E-state index < -0.39 is 28.4 Å². The molecule has 0 N–H and O–H groups in total. The topological polar surface area (TPSA) is 0 Å². The third-order valence-corrected chi connectivity index (χ3v) is 18.6. The number of alkyl halides is 3. The number of hydrogen-bond donors (Lipinski definition) is 0. The van der Waals surface area contributed by atoms with E-state index in [-0.39, 0.29) is 13.5 Å². The summed E-state index contributed by atoms with van der Waals surface area (Å²) in [6.45, 7) is -3.67. The summed E-state index contributed by atoms with van der Waals surface area (Å²) in [5.41, 5.74) is 0. The van der Waals surface area contributed by atoms with Gasteiger partial charge in [-0.25, -0.2) is 0 Å². The SMILES string of the molecule is FC(F)F.S.c1cc[c]([Bi]([CH]2CCCCC2)[CH]2CCCCC2)cc1. The molecule has 0 nitrogen and oxygen atoms in total. The fraction of sp³-hybridized carbons (Fsp3) is 0.684. The Morgan fingerprint density at radius 3 is 1.46 bits per heavy atom. The van der Waals surface area contributed by atoms with E-state index in [2.05, 4.69) is 30.3 Å². The molecule has 2 aliphatic rings. The van der Waals surface area contributed by atoms with Gasteiger partial charge in [-0.1, -0.05) is 0 Å². The third kappa shape index (κ3) is 7.64. The van der Waals surface area contributed by atoms with Crippen LogP contribution >= 0.6 is 13.5 Å². The molecule has 0 bridgehead atoms. The van der Waals surface area contributed by atoms with Gasteiger partial charge in [-0.15, -0.1) is 0 Å². The number of halogens is 3. The summed E-state index contributed by atoms with van der Waals surface area (Å²) in [6, 6.07) is 11.8. The molecule has 0 unspecified atom stereocenters. The summed E-state index contributed by atoms with van der Waals surface area (Å²) >= 11 is -1.51. The van der Waals surface area contributed by atoms with E-state index in [1.165, 1.54) is 45.8 Å². The normalized spacial score (nSPS) is 19.5. The molecular weight excluding hydrogens is 526 g/mol. The molecule has 0 radical (unpaired) electrons. The van der Waals surface area contributed by atoms with Crippen LogP contribution in [0.2, 0.25) is 7.25 Å². The molecule has 0 heterocycles. The molecule has 2 aliphatic carbocycles. The zero-order valence-corrected chi connectivity index (χ0v) is 18.7. The molecule has 0 aliphatic heterocycles. The summed E-state index contributed by atoms with van der Waals surface area (Å²) in [4.78, 5) is 0. The average molecular weight is 556 g/mol. The second-order valence-corrected chi connectivity index (χ2v) is 17.4. The standard InChI is InChI=1S/2C6H11.C6H5.CHF3.Bi.H2S/c3*1-2-4-6-5-3-1;2-1(3)4;;/h2*1H,2-6H2;1-5H;1H;;1H2. The summed E-state index contributed by atoms with van der Waals surface area (Å²) in [5, 5.41) is 0. The van der Waals surface area contributed by atoms with Crippen molar-refractivity contribution in [3.05, 3.63) is 30.3 Å². The zero-order chi connectivity index (χ0) is 16.5. The van der Waals surface area contributed by atoms with Crippen molar-refractivity contribution in [2.45, 2.75) is 78.1 Å². The van der Waals surface area contributed by atoms with Gasteiger partial charge in [0.1, 0.15) is 0 Å². The number of benzene rings is 1. The molecule has 1 aromatic carbocycles. The fourth-order valence-corrected chi connectivity index (χ4v) is 18.8. The summed E-state index contributed by atoms with van der Waals surface area (Å²) < 4.78 is 33.2. The van der Waals surface area contributed by atoms with E-state index in [0.29, 0.717) is 0 Å². The number of hydrogen-bond acceptors (Lipinski definition) is 0. The van der Waals surface area contributed by atoms with Gasteiger partial charge in [0.05, 0.1) is 0 Å². The van der Waals surface area contributed by atoms with Gasteiger partial charge in [-0.2, -0.15) is 26.7 Å².